The van der Waals surface area contributed by atoms with Crippen molar-refractivity contribution in [3.05, 3.63) is 23.5 Å². The quantitative estimate of drug-likeness (QED) is 0.599. The smallest absolute Gasteiger partial charge is 0.402 e. The Morgan fingerprint density at radius 2 is 2.00 bits per heavy atom. The zero-order valence-corrected chi connectivity index (χ0v) is 6.10. The first-order valence-electron chi connectivity index (χ1n) is 3.26. The lowest BCUT2D eigenvalue weighted by Crippen LogP contribution is -2.09. The topological polar surface area (TPSA) is 38.4 Å². The molecule has 0 atom stereocenters. The van der Waals surface area contributed by atoms with Crippen LogP contribution in [0.2, 0.25) is 0 Å². The van der Waals surface area contributed by atoms with Crippen LogP contribution in [-0.4, -0.2) is 12.4 Å². The summed E-state index contributed by atoms with van der Waals surface area (Å²) < 4.78 is 36.0. The van der Waals surface area contributed by atoms with Gasteiger partial charge in [-0.15, -0.1) is 0 Å². The van der Waals surface area contributed by atoms with Crippen molar-refractivity contribution in [1.29, 1.82) is 0 Å². The van der Waals surface area contributed by atoms with Crippen LogP contribution >= 0.6 is 0 Å². The molecule has 2 nitrogen and oxygen atoms in total. The molecule has 0 bridgehead atoms. The summed E-state index contributed by atoms with van der Waals surface area (Å²) in [6.45, 7) is 0. The van der Waals surface area contributed by atoms with Gasteiger partial charge in [0.25, 0.3) is 0 Å². The molecule has 66 valence electrons. The maximum absolute atomic E-state index is 12.0. The predicted octanol–water partition coefficient (Wildman–Crippen LogP) is 1.75. The van der Waals surface area contributed by atoms with Gasteiger partial charge in [0.2, 0.25) is 0 Å². The Morgan fingerprint density at radius 1 is 1.33 bits per heavy atom. The number of halogens is 3. The highest BCUT2D eigenvalue weighted by Crippen LogP contribution is 2.27. The van der Waals surface area contributed by atoms with E-state index in [1.165, 1.54) is 6.08 Å². The van der Waals surface area contributed by atoms with Gasteiger partial charge in [0, 0.05) is 18.3 Å². The van der Waals surface area contributed by atoms with Crippen molar-refractivity contribution in [3.63, 3.8) is 0 Å². The van der Waals surface area contributed by atoms with E-state index in [4.69, 9.17) is 5.73 Å². The Hall–Kier alpha value is -1.26. The van der Waals surface area contributed by atoms with E-state index in [1.807, 2.05) is 0 Å². The number of nitrogens with two attached hydrogens (primary N) is 1. The number of rotatable bonds is 0. The van der Waals surface area contributed by atoms with Crippen molar-refractivity contribution in [2.75, 3.05) is 0 Å². The van der Waals surface area contributed by atoms with Gasteiger partial charge in [-0.25, -0.2) is 0 Å². The largest absolute Gasteiger partial charge is 0.433 e. The van der Waals surface area contributed by atoms with Gasteiger partial charge in [0.05, 0.1) is 0 Å². The normalized spacial score (nSPS) is 18.2. The molecule has 0 fully saturated rings. The van der Waals surface area contributed by atoms with E-state index in [2.05, 4.69) is 4.99 Å². The summed E-state index contributed by atoms with van der Waals surface area (Å²) in [7, 11) is 0. The first kappa shape index (κ1) is 8.83. The average molecular weight is 176 g/mol. The first-order valence-corrected chi connectivity index (χ1v) is 3.26. The van der Waals surface area contributed by atoms with E-state index in [1.54, 1.807) is 0 Å². The van der Waals surface area contributed by atoms with E-state index in [-0.39, 0.29) is 6.42 Å². The van der Waals surface area contributed by atoms with Crippen LogP contribution in [0.3, 0.4) is 0 Å². The van der Waals surface area contributed by atoms with Crippen LogP contribution in [0.1, 0.15) is 6.42 Å². The maximum Gasteiger partial charge on any atom is 0.433 e. The Bertz CT molecular complexity index is 260. The minimum Gasteiger partial charge on any atom is -0.402 e. The highest BCUT2D eigenvalue weighted by molar-refractivity contribution is 5.64. The average Bonchev–Trinajstić information content (AvgIpc) is 2.11. The molecule has 0 aromatic rings. The number of nitrogens with zero attached hydrogens (tertiary/aromatic N) is 1. The van der Waals surface area contributed by atoms with Crippen molar-refractivity contribution >= 4 is 6.21 Å². The molecule has 1 aliphatic rings. The van der Waals surface area contributed by atoms with Gasteiger partial charge in [0.1, 0.15) is 5.70 Å². The fraction of sp³-hybridized carbons (Fsp3) is 0.286. The minimum atomic E-state index is -4.39. The van der Waals surface area contributed by atoms with Gasteiger partial charge < -0.3 is 5.73 Å². The summed E-state index contributed by atoms with van der Waals surface area (Å²) >= 11 is 0. The highest BCUT2D eigenvalue weighted by atomic mass is 19.4. The molecule has 1 rings (SSSR count). The van der Waals surface area contributed by atoms with Crippen LogP contribution in [-0.2, 0) is 0 Å². The monoisotopic (exact) mass is 176 g/mol. The second-order valence-electron chi connectivity index (χ2n) is 2.31. The third-order valence-corrected chi connectivity index (χ3v) is 1.30. The molecule has 1 heterocycles. The third kappa shape index (κ3) is 2.11. The minimum absolute atomic E-state index is 0.260. The van der Waals surface area contributed by atoms with Gasteiger partial charge in [-0.2, -0.15) is 13.2 Å². The molecule has 0 aromatic heterocycles. The van der Waals surface area contributed by atoms with Gasteiger partial charge in [0.15, 0.2) is 0 Å². The molecular formula is C7H7F3N2. The molecule has 0 radical (unpaired) electrons. The Morgan fingerprint density at radius 3 is 2.58 bits per heavy atom. The Labute approximate surface area is 67.3 Å². The molecule has 12 heavy (non-hydrogen) atoms. The van der Waals surface area contributed by atoms with Gasteiger partial charge in [-0.1, -0.05) is 0 Å². The summed E-state index contributed by atoms with van der Waals surface area (Å²) in [6.07, 6.45) is -0.888. The lowest BCUT2D eigenvalue weighted by Gasteiger charge is -2.03. The van der Waals surface area contributed by atoms with E-state index < -0.39 is 11.9 Å². The Balaban J connectivity index is 2.92. The summed E-state index contributed by atoms with van der Waals surface area (Å²) in [5.74, 6) is 0. The molecule has 0 spiro atoms. The van der Waals surface area contributed by atoms with Gasteiger partial charge in [-0.05, 0) is 12.2 Å². The molecule has 0 aromatic carbocycles. The number of alkyl halides is 3. The van der Waals surface area contributed by atoms with Crippen LogP contribution in [0, 0.1) is 0 Å². The standard InChI is InChI=1S/C7H7F3N2/c8-7(9,10)6-2-1-5(11)3-4-12-6/h1-2,4H,3,11H2. The number of allylic oxidation sites excluding steroid dienone is 4. The Kier molecular flexibility index (Phi) is 2.21. The second-order valence-corrected chi connectivity index (χ2v) is 2.31. The number of hydrogen-bond donors (Lipinski definition) is 1. The molecule has 2 N–H and O–H groups in total. The zero-order valence-electron chi connectivity index (χ0n) is 6.10. The summed E-state index contributed by atoms with van der Waals surface area (Å²) in [5, 5.41) is 0. The fourth-order valence-electron chi connectivity index (χ4n) is 0.714. The van der Waals surface area contributed by atoms with Crippen LogP contribution in [0.25, 0.3) is 0 Å². The fourth-order valence-corrected chi connectivity index (χ4v) is 0.714. The molecular weight excluding hydrogens is 169 g/mol. The van der Waals surface area contributed by atoms with Gasteiger partial charge in [-0.3, -0.25) is 4.99 Å². The highest BCUT2D eigenvalue weighted by Gasteiger charge is 2.33. The molecule has 0 aliphatic carbocycles. The summed E-state index contributed by atoms with van der Waals surface area (Å²) in [6, 6.07) is 0. The molecule has 0 amide bonds. The van der Waals surface area contributed by atoms with E-state index in [0.717, 1.165) is 12.3 Å². The van der Waals surface area contributed by atoms with Crippen LogP contribution in [0.5, 0.6) is 0 Å². The molecule has 5 heteroatoms. The van der Waals surface area contributed by atoms with E-state index >= 15 is 0 Å². The SMILES string of the molecule is NC1=CC=C(C(F)(F)F)N=CC1. The van der Waals surface area contributed by atoms with Crippen LogP contribution in [0.4, 0.5) is 13.2 Å². The maximum atomic E-state index is 12.0. The van der Waals surface area contributed by atoms with Gasteiger partial charge >= 0.3 is 6.18 Å². The summed E-state index contributed by atoms with van der Waals surface area (Å²) in [5.41, 5.74) is 4.76. The number of aliphatic imine (C=N–C) groups is 1. The molecule has 0 saturated heterocycles. The van der Waals surface area contributed by atoms with Crippen LogP contribution in [0.15, 0.2) is 28.5 Å². The molecule has 0 saturated carbocycles. The lowest BCUT2D eigenvalue weighted by atomic mass is 10.3. The van der Waals surface area contributed by atoms with E-state index in [9.17, 15) is 13.2 Å². The number of hydrogen-bond acceptors (Lipinski definition) is 2. The molecule has 0 unspecified atom stereocenters. The lowest BCUT2D eigenvalue weighted by molar-refractivity contribution is -0.0922. The zero-order chi connectivity index (χ0) is 9.19. The predicted molar refractivity (Wildman–Crippen MR) is 39.5 cm³/mol. The van der Waals surface area contributed by atoms with Crippen molar-refractivity contribution in [2.45, 2.75) is 12.6 Å². The van der Waals surface area contributed by atoms with Crippen LogP contribution < -0.4 is 5.73 Å². The van der Waals surface area contributed by atoms with Crippen molar-refractivity contribution < 1.29 is 13.2 Å². The first-order chi connectivity index (χ1) is 5.50. The third-order valence-electron chi connectivity index (χ3n) is 1.30. The van der Waals surface area contributed by atoms with Crippen molar-refractivity contribution in [1.82, 2.24) is 0 Å². The van der Waals surface area contributed by atoms with E-state index in [0.29, 0.717) is 5.70 Å². The summed E-state index contributed by atoms with van der Waals surface area (Å²) in [4.78, 5) is 3.22. The van der Waals surface area contributed by atoms with Crippen molar-refractivity contribution in [2.24, 2.45) is 10.7 Å². The van der Waals surface area contributed by atoms with Crippen molar-refractivity contribution in [3.8, 4) is 0 Å². The second kappa shape index (κ2) is 3.00. The molecule has 1 aliphatic heterocycles.